The Kier molecular flexibility index (Phi) is 8.46. The third kappa shape index (κ3) is 6.81. The van der Waals surface area contributed by atoms with Crippen LogP contribution in [0.5, 0.6) is 0 Å². The van der Waals surface area contributed by atoms with Gasteiger partial charge in [0.05, 0.1) is 39.4 Å². The highest BCUT2D eigenvalue weighted by Crippen LogP contribution is 2.32. The van der Waals surface area contributed by atoms with Crippen molar-refractivity contribution in [2.75, 3.05) is 19.6 Å². The predicted molar refractivity (Wildman–Crippen MR) is 163 cm³/mol. The molecule has 3 aromatic heterocycles. The molecule has 0 bridgehead atoms. The van der Waals surface area contributed by atoms with Gasteiger partial charge < -0.3 is 9.47 Å². The van der Waals surface area contributed by atoms with Crippen LogP contribution in [0.3, 0.4) is 0 Å². The van der Waals surface area contributed by atoms with E-state index in [2.05, 4.69) is 25.2 Å². The van der Waals surface area contributed by atoms with Crippen molar-refractivity contribution in [2.45, 2.75) is 52.1 Å². The Bertz CT molecular complexity index is 1780. The number of ketones is 1. The van der Waals surface area contributed by atoms with Gasteiger partial charge in [0, 0.05) is 36.5 Å². The van der Waals surface area contributed by atoms with Gasteiger partial charge in [0.25, 0.3) is 0 Å². The summed E-state index contributed by atoms with van der Waals surface area (Å²) >= 11 is 1.62. The monoisotopic (exact) mass is 619 g/mol. The van der Waals surface area contributed by atoms with Gasteiger partial charge in [0.1, 0.15) is 5.69 Å². The number of carbonyl (C=O) groups is 1. The Balaban J connectivity index is 1.18. The number of aromatic nitrogens is 6. The molecule has 8 nitrogen and oxygen atoms in total. The summed E-state index contributed by atoms with van der Waals surface area (Å²) in [5, 5.41) is 9.77. The van der Waals surface area contributed by atoms with Crippen molar-refractivity contribution in [1.29, 1.82) is 0 Å². The maximum Gasteiger partial charge on any atom is 0.416 e. The van der Waals surface area contributed by atoms with Crippen LogP contribution in [0.2, 0.25) is 0 Å². The molecule has 228 valence electrons. The fourth-order valence-corrected chi connectivity index (χ4v) is 6.35. The molecule has 0 radical (unpaired) electrons. The highest BCUT2D eigenvalue weighted by molar-refractivity contribution is 7.15. The van der Waals surface area contributed by atoms with Gasteiger partial charge in [0.2, 0.25) is 0 Å². The first-order valence-electron chi connectivity index (χ1n) is 14.6. The van der Waals surface area contributed by atoms with Gasteiger partial charge in [-0.05, 0) is 88.1 Å². The second-order valence-corrected chi connectivity index (χ2v) is 12.3. The van der Waals surface area contributed by atoms with Gasteiger partial charge in [-0.3, -0.25) is 4.79 Å². The van der Waals surface area contributed by atoms with E-state index in [1.165, 1.54) is 42.9 Å². The van der Waals surface area contributed by atoms with E-state index in [-0.39, 0.29) is 17.7 Å². The summed E-state index contributed by atoms with van der Waals surface area (Å²) in [5.41, 5.74) is 2.99. The van der Waals surface area contributed by atoms with Crippen LogP contribution in [-0.4, -0.2) is 59.8 Å². The van der Waals surface area contributed by atoms with E-state index in [0.717, 1.165) is 52.7 Å². The number of halogens is 3. The van der Waals surface area contributed by atoms with Gasteiger partial charge in [-0.1, -0.05) is 17.3 Å². The number of nitrogens with zero attached hydrogens (tertiary/aromatic N) is 7. The molecule has 0 saturated carbocycles. The third-order valence-corrected chi connectivity index (χ3v) is 8.90. The van der Waals surface area contributed by atoms with Crippen LogP contribution in [-0.2, 0) is 19.0 Å². The average Bonchev–Trinajstić information content (AvgIpc) is 3.81. The lowest BCUT2D eigenvalue weighted by atomic mass is 9.99. The number of thiazole rings is 1. The summed E-state index contributed by atoms with van der Waals surface area (Å²) in [6.07, 6.45) is 6.63. The highest BCUT2D eigenvalue weighted by Gasteiger charge is 2.32. The third-order valence-electron chi connectivity index (χ3n) is 7.83. The van der Waals surface area contributed by atoms with Crippen molar-refractivity contribution in [1.82, 2.24) is 34.4 Å². The van der Waals surface area contributed by atoms with Gasteiger partial charge in [-0.2, -0.15) is 13.2 Å². The van der Waals surface area contributed by atoms with Gasteiger partial charge >= 0.3 is 6.18 Å². The number of Topliss-reactive ketones (excluding diaryl/α,β-unsaturated/α-hetero) is 1. The lowest BCUT2D eigenvalue weighted by Gasteiger charge is -2.13. The zero-order valence-electron chi connectivity index (χ0n) is 24.5. The van der Waals surface area contributed by atoms with Crippen molar-refractivity contribution >= 4 is 17.1 Å². The van der Waals surface area contributed by atoms with Gasteiger partial charge in [-0.25, -0.2) is 14.6 Å². The number of hydrogen-bond acceptors (Lipinski definition) is 7. The summed E-state index contributed by atoms with van der Waals surface area (Å²) in [6.45, 7) is 7.16. The summed E-state index contributed by atoms with van der Waals surface area (Å²) in [6, 6.07) is 8.90. The number of hydrogen-bond donors (Lipinski definition) is 0. The molecular formula is C32H32F3N7OS. The molecule has 0 atom stereocenters. The Morgan fingerprint density at radius 3 is 2.59 bits per heavy atom. The van der Waals surface area contributed by atoms with E-state index in [1.807, 2.05) is 31.5 Å². The Morgan fingerprint density at radius 2 is 1.84 bits per heavy atom. The SMILES string of the molecule is Cc1cn(-c2cc(C(=O)Cc3ccc(C)c(-n4cc(-c5cnc(CCCN6CCCC6)s5)nn4)c3)cc(C(F)(F)F)c2)cn1. The Hall–Kier alpha value is -4.16. The number of rotatable bonds is 10. The van der Waals surface area contributed by atoms with Crippen LogP contribution >= 0.6 is 11.3 Å². The van der Waals surface area contributed by atoms with E-state index in [9.17, 15) is 18.0 Å². The molecule has 1 aliphatic rings. The maximum atomic E-state index is 13.7. The largest absolute Gasteiger partial charge is 0.416 e. The molecule has 12 heteroatoms. The van der Waals surface area contributed by atoms with Crippen molar-refractivity contribution in [3.8, 4) is 21.9 Å². The minimum atomic E-state index is -4.60. The van der Waals surface area contributed by atoms with Gasteiger partial charge in [-0.15, -0.1) is 16.4 Å². The zero-order chi connectivity index (χ0) is 30.8. The molecule has 1 fully saturated rings. The summed E-state index contributed by atoms with van der Waals surface area (Å²) in [5.74, 6) is -0.426. The Morgan fingerprint density at radius 1 is 1.02 bits per heavy atom. The van der Waals surface area contributed by atoms with Crippen molar-refractivity contribution < 1.29 is 18.0 Å². The molecule has 1 aliphatic heterocycles. The molecular weight excluding hydrogens is 587 g/mol. The molecule has 0 amide bonds. The van der Waals surface area contributed by atoms with Crippen molar-refractivity contribution in [3.63, 3.8) is 0 Å². The molecule has 4 heterocycles. The van der Waals surface area contributed by atoms with E-state index >= 15 is 0 Å². The van der Waals surface area contributed by atoms with Crippen LogP contribution in [0.25, 0.3) is 21.9 Å². The first-order chi connectivity index (χ1) is 21.1. The molecule has 0 N–H and O–H groups in total. The highest BCUT2D eigenvalue weighted by atomic mass is 32.1. The summed E-state index contributed by atoms with van der Waals surface area (Å²) < 4.78 is 44.3. The molecule has 0 spiro atoms. The molecule has 0 unspecified atom stereocenters. The van der Waals surface area contributed by atoms with Crippen LogP contribution in [0.15, 0.2) is 61.3 Å². The Labute approximate surface area is 257 Å². The normalized spacial score (nSPS) is 14.0. The first kappa shape index (κ1) is 29.9. The van der Waals surface area contributed by atoms with E-state index in [0.29, 0.717) is 17.0 Å². The quantitative estimate of drug-likeness (QED) is 0.163. The molecule has 5 aromatic rings. The number of benzene rings is 2. The minimum Gasteiger partial charge on any atom is -0.306 e. The number of imidazole rings is 1. The minimum absolute atomic E-state index is 0.0206. The van der Waals surface area contributed by atoms with Crippen LogP contribution < -0.4 is 0 Å². The number of carbonyl (C=O) groups excluding carboxylic acids is 1. The van der Waals surface area contributed by atoms with E-state index in [4.69, 9.17) is 0 Å². The molecule has 1 saturated heterocycles. The maximum absolute atomic E-state index is 13.7. The molecule has 2 aromatic carbocycles. The van der Waals surface area contributed by atoms with Crippen LogP contribution in [0, 0.1) is 13.8 Å². The molecule has 44 heavy (non-hydrogen) atoms. The van der Waals surface area contributed by atoms with Crippen molar-refractivity contribution in [3.05, 3.63) is 94.3 Å². The fourth-order valence-electron chi connectivity index (χ4n) is 5.45. The fraction of sp³-hybridized carbons (Fsp3) is 0.344. The number of alkyl halides is 3. The summed E-state index contributed by atoms with van der Waals surface area (Å²) in [7, 11) is 0. The molecule has 6 rings (SSSR count). The van der Waals surface area contributed by atoms with Crippen LogP contribution in [0.4, 0.5) is 13.2 Å². The zero-order valence-corrected chi connectivity index (χ0v) is 25.3. The lowest BCUT2D eigenvalue weighted by Crippen LogP contribution is -2.20. The first-order valence-corrected chi connectivity index (χ1v) is 15.4. The van der Waals surface area contributed by atoms with E-state index < -0.39 is 17.5 Å². The predicted octanol–water partition coefficient (Wildman–Crippen LogP) is 6.67. The van der Waals surface area contributed by atoms with E-state index in [1.54, 1.807) is 35.2 Å². The lowest BCUT2D eigenvalue weighted by molar-refractivity contribution is -0.137. The number of aryl methyl sites for hydroxylation is 3. The average molecular weight is 620 g/mol. The standard InChI is InChI=1S/C32H32F3N7OS/c1-21-7-8-23(13-29(43)24-14-25(32(33,34)35)16-26(15-24)41-18-22(2)37-20-41)12-28(21)42-19-27(38-39-42)30-17-36-31(44-30)6-5-11-40-9-3-4-10-40/h7-8,12,14-20H,3-6,9-11,13H2,1-2H3. The number of likely N-dealkylation sites (tertiary alicyclic amines) is 1. The smallest absolute Gasteiger partial charge is 0.306 e. The second kappa shape index (κ2) is 12.4. The van der Waals surface area contributed by atoms with Crippen molar-refractivity contribution in [2.24, 2.45) is 0 Å². The van der Waals surface area contributed by atoms with Gasteiger partial charge in [0.15, 0.2) is 5.78 Å². The molecule has 0 aliphatic carbocycles. The topological polar surface area (TPSA) is 81.7 Å². The van der Waals surface area contributed by atoms with Crippen LogP contribution in [0.1, 0.15) is 57.0 Å². The second-order valence-electron chi connectivity index (χ2n) is 11.2. The summed E-state index contributed by atoms with van der Waals surface area (Å²) in [4.78, 5) is 25.4.